The zero-order valence-corrected chi connectivity index (χ0v) is 37.0. The Labute approximate surface area is 366 Å². The van der Waals surface area contributed by atoms with Crippen LogP contribution < -0.4 is 25.8 Å². The van der Waals surface area contributed by atoms with Gasteiger partial charge in [-0.3, -0.25) is 0 Å². The van der Waals surface area contributed by atoms with Crippen molar-refractivity contribution >= 4 is 0 Å². The molecule has 0 aromatic heterocycles. The number of nitrogens with one attached hydrogen (secondary N) is 2. The minimum absolute atomic E-state index is 0.0870. The van der Waals surface area contributed by atoms with E-state index in [-0.39, 0.29) is 17.6 Å². The van der Waals surface area contributed by atoms with Crippen LogP contribution in [0.3, 0.4) is 0 Å². The Bertz CT molecular complexity index is 1670. The number of hydrogen-bond donors (Lipinski definition) is 3. The van der Waals surface area contributed by atoms with Gasteiger partial charge in [-0.05, 0) is 142 Å². The Hall–Kier alpha value is -3.76. The Balaban J connectivity index is 0.000000147. The molecule has 6 fully saturated rings. The zero-order chi connectivity index (χ0) is 42.2. The molecule has 10 rings (SSSR count). The monoisotopic (exact) mass is 832 g/mol. The molecular formula is C53H73N3O5. The first-order chi connectivity index (χ1) is 29.8. The van der Waals surface area contributed by atoms with E-state index in [1.54, 1.807) is 0 Å². The predicted octanol–water partition coefficient (Wildman–Crippen LogP) is 9.62. The SMILES string of the molecule is CC(C)(c1ccc(OCC2CO2)cc1)c1ccc(OCC2CO2)cc1.NC12CC3CC(CC(C3)C1)C2.c1ccc(CNCCCCOCCCCNCc2ccccc2)cc1. The fraction of sp³-hybridized carbons (Fsp3) is 0.547. The first-order valence-corrected chi connectivity index (χ1v) is 23.4. The van der Waals surface area contributed by atoms with Crippen molar-refractivity contribution in [3.05, 3.63) is 131 Å². The molecule has 4 saturated carbocycles. The molecule has 0 amide bonds. The summed E-state index contributed by atoms with van der Waals surface area (Å²) in [4.78, 5) is 0. The van der Waals surface area contributed by atoms with E-state index in [0.29, 0.717) is 18.8 Å². The first kappa shape index (κ1) is 45.3. The fourth-order valence-corrected chi connectivity index (χ4v) is 9.65. The second-order valence-corrected chi connectivity index (χ2v) is 18.8. The molecule has 0 spiro atoms. The average molecular weight is 832 g/mol. The third kappa shape index (κ3) is 15.5. The quantitative estimate of drug-likeness (QED) is 0.0532. The normalized spacial score (nSPS) is 24.2. The minimum Gasteiger partial charge on any atom is -0.491 e. The standard InChI is InChI=1S/C22H32N2O.C21H24O4.C10H17N/c1-3-11-21(12-4-1)19-23-15-7-9-17-25-18-10-8-16-24-20-22-13-5-2-6-14-22;1-21(2,15-3-7-17(8-4-15)22-11-19-13-24-19)16-5-9-18(10-6-16)23-12-20-14-25-20;11-10-4-7-1-8(5-10)3-9(2-7)6-10/h1-6,11-14,23-24H,7-10,15-20H2;3-10,19-20H,11-14H2,1-2H3;7-9H,1-6,11H2. The van der Waals surface area contributed by atoms with Crippen molar-refractivity contribution in [2.45, 2.75) is 114 Å². The maximum atomic E-state index is 6.32. The number of nitrogens with two attached hydrogens (primary N) is 1. The van der Waals surface area contributed by atoms with E-state index in [1.165, 1.54) is 73.6 Å². The van der Waals surface area contributed by atoms with Crippen molar-refractivity contribution in [3.63, 3.8) is 0 Å². The molecule has 2 unspecified atom stereocenters. The lowest BCUT2D eigenvalue weighted by Gasteiger charge is -2.55. The van der Waals surface area contributed by atoms with Crippen LogP contribution in [0.2, 0.25) is 0 Å². The molecule has 4 N–H and O–H groups in total. The molecule has 2 atom stereocenters. The van der Waals surface area contributed by atoms with Gasteiger partial charge < -0.3 is 40.1 Å². The summed E-state index contributed by atoms with van der Waals surface area (Å²) in [5, 5.41) is 6.95. The predicted molar refractivity (Wildman–Crippen MR) is 246 cm³/mol. The number of hydrogen-bond acceptors (Lipinski definition) is 8. The van der Waals surface area contributed by atoms with Crippen molar-refractivity contribution in [1.82, 2.24) is 10.6 Å². The van der Waals surface area contributed by atoms with Crippen LogP contribution in [0, 0.1) is 17.8 Å². The van der Waals surface area contributed by atoms with Gasteiger partial charge in [-0.2, -0.15) is 0 Å². The number of ether oxygens (including phenoxy) is 5. The van der Waals surface area contributed by atoms with E-state index < -0.39 is 0 Å². The van der Waals surface area contributed by atoms with Gasteiger partial charge in [0.2, 0.25) is 0 Å². The summed E-state index contributed by atoms with van der Waals surface area (Å²) >= 11 is 0. The van der Waals surface area contributed by atoms with Crippen molar-refractivity contribution in [2.24, 2.45) is 23.5 Å². The Morgan fingerprint density at radius 3 is 1.33 bits per heavy atom. The minimum atomic E-state index is -0.0870. The Morgan fingerprint density at radius 2 is 0.967 bits per heavy atom. The molecule has 2 saturated heterocycles. The van der Waals surface area contributed by atoms with Crippen molar-refractivity contribution in [2.75, 3.05) is 52.7 Å². The van der Waals surface area contributed by atoms with Gasteiger partial charge >= 0.3 is 0 Å². The van der Waals surface area contributed by atoms with Crippen molar-refractivity contribution < 1.29 is 23.7 Å². The number of rotatable bonds is 22. The van der Waals surface area contributed by atoms with Gasteiger partial charge in [-0.1, -0.05) is 98.8 Å². The van der Waals surface area contributed by atoms with Crippen LogP contribution in [0.4, 0.5) is 0 Å². The van der Waals surface area contributed by atoms with Crippen LogP contribution in [0.15, 0.2) is 109 Å². The van der Waals surface area contributed by atoms with Crippen LogP contribution >= 0.6 is 0 Å². The number of epoxide rings is 2. The van der Waals surface area contributed by atoms with E-state index in [2.05, 4.69) is 109 Å². The zero-order valence-electron chi connectivity index (χ0n) is 37.0. The topological polar surface area (TPSA) is 103 Å². The van der Waals surface area contributed by atoms with E-state index in [1.807, 2.05) is 24.3 Å². The highest BCUT2D eigenvalue weighted by Crippen LogP contribution is 2.54. The highest BCUT2D eigenvalue weighted by atomic mass is 16.6. The molecule has 2 heterocycles. The number of unbranched alkanes of at least 4 members (excludes halogenated alkanes) is 2. The lowest BCUT2D eigenvalue weighted by Crippen LogP contribution is -2.55. The van der Waals surface area contributed by atoms with Crippen LogP contribution in [-0.2, 0) is 32.7 Å². The van der Waals surface area contributed by atoms with Crippen LogP contribution in [0.25, 0.3) is 0 Å². The highest BCUT2D eigenvalue weighted by molar-refractivity contribution is 5.42. The molecular weight excluding hydrogens is 759 g/mol. The maximum Gasteiger partial charge on any atom is 0.119 e. The molecule has 6 aliphatic rings. The Kier molecular flexibility index (Phi) is 17.1. The van der Waals surface area contributed by atoms with E-state index in [9.17, 15) is 0 Å². The van der Waals surface area contributed by atoms with Gasteiger partial charge in [0.1, 0.15) is 36.9 Å². The molecule has 2 aliphatic heterocycles. The molecule has 8 nitrogen and oxygen atoms in total. The summed E-state index contributed by atoms with van der Waals surface area (Å²) in [5.74, 6) is 4.84. The molecule has 4 aromatic carbocycles. The Morgan fingerprint density at radius 1 is 0.574 bits per heavy atom. The van der Waals surface area contributed by atoms with E-state index in [4.69, 9.17) is 29.4 Å². The summed E-state index contributed by atoms with van der Waals surface area (Å²) in [6.07, 6.45) is 13.7. The largest absolute Gasteiger partial charge is 0.491 e. The highest BCUT2D eigenvalue weighted by Gasteiger charge is 2.48. The average Bonchev–Trinajstić information content (AvgIpc) is 4.22. The number of benzene rings is 4. The molecule has 8 heteroatoms. The second kappa shape index (κ2) is 23.1. The van der Waals surface area contributed by atoms with Gasteiger partial charge in [-0.15, -0.1) is 0 Å². The summed E-state index contributed by atoms with van der Waals surface area (Å²) in [7, 11) is 0. The second-order valence-electron chi connectivity index (χ2n) is 18.8. The van der Waals surface area contributed by atoms with Gasteiger partial charge in [-0.25, -0.2) is 0 Å². The van der Waals surface area contributed by atoms with Gasteiger partial charge in [0, 0.05) is 37.3 Å². The van der Waals surface area contributed by atoms with Crippen LogP contribution in [0.5, 0.6) is 11.5 Å². The molecule has 330 valence electrons. The van der Waals surface area contributed by atoms with Crippen molar-refractivity contribution in [3.8, 4) is 11.5 Å². The summed E-state index contributed by atoms with van der Waals surface area (Å²) in [5.41, 5.74) is 11.7. The summed E-state index contributed by atoms with van der Waals surface area (Å²) < 4.78 is 27.5. The lowest BCUT2D eigenvalue weighted by atomic mass is 9.53. The van der Waals surface area contributed by atoms with Crippen LogP contribution in [-0.4, -0.2) is 70.5 Å². The molecule has 0 radical (unpaired) electrons. The summed E-state index contributed by atoms with van der Waals surface area (Å²) in [6, 6.07) is 37.8. The first-order valence-electron chi connectivity index (χ1n) is 23.4. The van der Waals surface area contributed by atoms with Gasteiger partial charge in [0.05, 0.1) is 13.2 Å². The van der Waals surface area contributed by atoms with Crippen LogP contribution in [0.1, 0.15) is 100 Å². The molecule has 4 bridgehead atoms. The van der Waals surface area contributed by atoms with E-state index in [0.717, 1.165) is 94.7 Å². The molecule has 4 aromatic rings. The molecule has 61 heavy (non-hydrogen) atoms. The van der Waals surface area contributed by atoms with Crippen molar-refractivity contribution in [1.29, 1.82) is 0 Å². The maximum absolute atomic E-state index is 6.32. The van der Waals surface area contributed by atoms with Gasteiger partial charge in [0.15, 0.2) is 0 Å². The third-order valence-corrected chi connectivity index (χ3v) is 13.0. The smallest absolute Gasteiger partial charge is 0.119 e. The lowest BCUT2D eigenvalue weighted by molar-refractivity contribution is 0.000363. The fourth-order valence-electron chi connectivity index (χ4n) is 9.65. The third-order valence-electron chi connectivity index (χ3n) is 13.0. The summed E-state index contributed by atoms with van der Waals surface area (Å²) in [6.45, 7) is 13.2. The van der Waals surface area contributed by atoms with E-state index >= 15 is 0 Å². The molecule has 4 aliphatic carbocycles. The van der Waals surface area contributed by atoms with Gasteiger partial charge in [0.25, 0.3) is 0 Å².